The zero-order valence-corrected chi connectivity index (χ0v) is 17.7. The Morgan fingerprint density at radius 3 is 2.78 bits per heavy atom. The molecular formula is C22H28F2N8. The van der Waals surface area contributed by atoms with E-state index in [2.05, 4.69) is 32.7 Å². The van der Waals surface area contributed by atoms with E-state index in [1.54, 1.807) is 12.3 Å². The summed E-state index contributed by atoms with van der Waals surface area (Å²) in [6.07, 6.45) is 11.4. The molecular weight excluding hydrogens is 414 g/mol. The standard InChI is InChI=1S/C22H28F2N8/c1-2-3-4-19(23)20(24)14-32(27)22(30-26)18-11-16(12-29-21(18)25)15-7-10-31(13-15)17-5-8-28-9-6-17/h2-4,7,10-13,17,28H,1,5-6,8-9,14,26-27H2,(H2,25,29)/b4-3-,20-19-,30-22-. The summed E-state index contributed by atoms with van der Waals surface area (Å²) < 4.78 is 30.2. The van der Waals surface area contributed by atoms with Gasteiger partial charge >= 0.3 is 0 Å². The first-order chi connectivity index (χ1) is 15.4. The predicted molar refractivity (Wildman–Crippen MR) is 123 cm³/mol. The fourth-order valence-electron chi connectivity index (χ4n) is 3.57. The number of halogens is 2. The molecule has 0 radical (unpaired) electrons. The van der Waals surface area contributed by atoms with Crippen molar-refractivity contribution < 1.29 is 8.78 Å². The van der Waals surface area contributed by atoms with Crippen LogP contribution in [-0.4, -0.2) is 40.0 Å². The van der Waals surface area contributed by atoms with Gasteiger partial charge in [-0.25, -0.2) is 19.6 Å². The maximum Gasteiger partial charge on any atom is 0.173 e. The van der Waals surface area contributed by atoms with Gasteiger partial charge < -0.3 is 21.5 Å². The average molecular weight is 443 g/mol. The summed E-state index contributed by atoms with van der Waals surface area (Å²) in [5.74, 6) is 9.37. The van der Waals surface area contributed by atoms with Crippen LogP contribution in [0.25, 0.3) is 11.1 Å². The molecule has 2 aromatic rings. The number of rotatable bonds is 7. The molecule has 1 fully saturated rings. The normalized spacial score (nSPS) is 16.3. The number of nitrogen functional groups attached to an aromatic ring is 1. The third-order valence-electron chi connectivity index (χ3n) is 5.28. The summed E-state index contributed by atoms with van der Waals surface area (Å²) in [6.45, 7) is 4.79. The van der Waals surface area contributed by atoms with Crippen molar-refractivity contribution >= 4 is 11.7 Å². The van der Waals surface area contributed by atoms with Crippen LogP contribution in [0, 0.1) is 0 Å². The highest BCUT2D eigenvalue weighted by Crippen LogP contribution is 2.27. The van der Waals surface area contributed by atoms with Crippen LogP contribution in [0.3, 0.4) is 0 Å². The van der Waals surface area contributed by atoms with Crippen molar-refractivity contribution in [2.45, 2.75) is 18.9 Å². The summed E-state index contributed by atoms with van der Waals surface area (Å²) in [6, 6.07) is 4.15. The van der Waals surface area contributed by atoms with E-state index in [1.807, 2.05) is 12.3 Å². The molecule has 1 aliphatic heterocycles. The molecule has 3 rings (SSSR count). The topological polar surface area (TPSA) is 124 Å². The molecule has 2 aromatic heterocycles. The van der Waals surface area contributed by atoms with Gasteiger partial charge in [0.05, 0.1) is 12.1 Å². The number of hydrogen-bond donors (Lipinski definition) is 4. The minimum atomic E-state index is -1.09. The second-order valence-electron chi connectivity index (χ2n) is 7.41. The van der Waals surface area contributed by atoms with E-state index >= 15 is 0 Å². The second-order valence-corrected chi connectivity index (χ2v) is 7.41. The monoisotopic (exact) mass is 442 g/mol. The number of hydrazine groups is 1. The van der Waals surface area contributed by atoms with Crippen LogP contribution in [-0.2, 0) is 0 Å². The number of hydrogen-bond acceptors (Lipinski definition) is 6. The Balaban J connectivity index is 1.84. The van der Waals surface area contributed by atoms with E-state index in [0.29, 0.717) is 11.6 Å². The number of nitrogens with zero attached hydrogens (tertiary/aromatic N) is 4. The van der Waals surface area contributed by atoms with Crippen molar-refractivity contribution in [2.75, 3.05) is 25.4 Å². The average Bonchev–Trinajstić information content (AvgIpc) is 3.30. The second kappa shape index (κ2) is 10.7. The van der Waals surface area contributed by atoms with E-state index in [9.17, 15) is 8.78 Å². The molecule has 1 aliphatic rings. The summed E-state index contributed by atoms with van der Waals surface area (Å²) in [5.41, 5.74) is 8.04. The summed E-state index contributed by atoms with van der Waals surface area (Å²) >= 11 is 0. The lowest BCUT2D eigenvalue weighted by Gasteiger charge is -2.24. The molecule has 1 saturated heterocycles. The van der Waals surface area contributed by atoms with Gasteiger partial charge in [-0.05, 0) is 44.1 Å². The van der Waals surface area contributed by atoms with Gasteiger partial charge in [0.2, 0.25) is 0 Å². The first kappa shape index (κ1) is 23.2. The van der Waals surface area contributed by atoms with Crippen LogP contribution in [0.5, 0.6) is 0 Å². The van der Waals surface area contributed by atoms with Crippen LogP contribution < -0.4 is 22.7 Å². The lowest BCUT2D eigenvalue weighted by Crippen LogP contribution is -2.40. The number of piperidine rings is 1. The van der Waals surface area contributed by atoms with E-state index in [4.69, 9.17) is 17.4 Å². The molecule has 0 amide bonds. The van der Waals surface area contributed by atoms with Gasteiger partial charge in [-0.15, -0.1) is 0 Å². The minimum absolute atomic E-state index is 0.0229. The number of anilines is 1. The van der Waals surface area contributed by atoms with E-state index in [1.165, 1.54) is 12.2 Å². The molecule has 0 saturated carbocycles. The van der Waals surface area contributed by atoms with Gasteiger partial charge in [0.1, 0.15) is 5.82 Å². The first-order valence-electron chi connectivity index (χ1n) is 10.2. The number of aromatic nitrogens is 2. The Hall–Kier alpha value is -3.50. The molecule has 10 heteroatoms. The van der Waals surface area contributed by atoms with Crippen molar-refractivity contribution in [2.24, 2.45) is 16.8 Å². The number of pyridine rings is 1. The minimum Gasteiger partial charge on any atom is -0.383 e. The SMILES string of the molecule is C=C/C=C\C(F)=C(\F)CN(N)/C(=N\N)c1cc(-c2ccn(C3CCNCC3)c2)cnc1N. The van der Waals surface area contributed by atoms with Gasteiger partial charge in [0, 0.05) is 35.8 Å². The number of hydrazone groups is 1. The quantitative estimate of drug-likeness (QED) is 0.172. The molecule has 3 heterocycles. The number of allylic oxidation sites excluding steroid dienone is 4. The largest absolute Gasteiger partial charge is 0.383 e. The van der Waals surface area contributed by atoms with Crippen molar-refractivity contribution in [3.8, 4) is 11.1 Å². The Labute approximate surface area is 185 Å². The van der Waals surface area contributed by atoms with Crippen LogP contribution >= 0.6 is 0 Å². The molecule has 0 unspecified atom stereocenters. The van der Waals surface area contributed by atoms with Crippen molar-refractivity contribution in [3.63, 3.8) is 0 Å². The molecule has 8 nitrogen and oxygen atoms in total. The lowest BCUT2D eigenvalue weighted by molar-refractivity contribution is 0.369. The summed E-state index contributed by atoms with van der Waals surface area (Å²) in [4.78, 5) is 4.22. The van der Waals surface area contributed by atoms with Gasteiger partial charge in [-0.3, -0.25) is 5.01 Å². The van der Waals surface area contributed by atoms with Gasteiger partial charge in [0.15, 0.2) is 17.5 Å². The molecule has 0 aromatic carbocycles. The van der Waals surface area contributed by atoms with Gasteiger partial charge in [-0.1, -0.05) is 18.7 Å². The Kier molecular flexibility index (Phi) is 7.74. The highest BCUT2D eigenvalue weighted by atomic mass is 19.2. The Morgan fingerprint density at radius 1 is 1.34 bits per heavy atom. The van der Waals surface area contributed by atoms with Crippen molar-refractivity contribution in [1.82, 2.24) is 19.9 Å². The third-order valence-corrected chi connectivity index (χ3v) is 5.28. The first-order valence-corrected chi connectivity index (χ1v) is 10.2. The molecule has 0 bridgehead atoms. The zero-order valence-electron chi connectivity index (χ0n) is 17.7. The summed E-state index contributed by atoms with van der Waals surface area (Å²) in [7, 11) is 0. The Bertz CT molecular complexity index is 1030. The molecule has 0 aliphatic carbocycles. The smallest absolute Gasteiger partial charge is 0.173 e. The van der Waals surface area contributed by atoms with E-state index < -0.39 is 18.2 Å². The highest BCUT2D eigenvalue weighted by molar-refractivity contribution is 6.03. The van der Waals surface area contributed by atoms with Crippen LogP contribution in [0.4, 0.5) is 14.6 Å². The van der Waals surface area contributed by atoms with Crippen molar-refractivity contribution in [3.05, 3.63) is 72.7 Å². The molecule has 32 heavy (non-hydrogen) atoms. The zero-order chi connectivity index (χ0) is 23.1. The fourth-order valence-corrected chi connectivity index (χ4v) is 3.57. The summed E-state index contributed by atoms with van der Waals surface area (Å²) in [5, 5.41) is 7.89. The lowest BCUT2D eigenvalue weighted by atomic mass is 10.1. The number of nitrogens with two attached hydrogens (primary N) is 3. The van der Waals surface area contributed by atoms with Gasteiger partial charge in [-0.2, -0.15) is 5.10 Å². The van der Waals surface area contributed by atoms with Crippen LogP contribution in [0.1, 0.15) is 24.4 Å². The van der Waals surface area contributed by atoms with Crippen LogP contribution in [0.15, 0.2) is 72.3 Å². The maximum atomic E-state index is 14.2. The molecule has 170 valence electrons. The Morgan fingerprint density at radius 2 is 2.09 bits per heavy atom. The maximum absolute atomic E-state index is 14.2. The third kappa shape index (κ3) is 5.40. The van der Waals surface area contributed by atoms with Crippen molar-refractivity contribution in [1.29, 1.82) is 0 Å². The van der Waals surface area contributed by atoms with Crippen LogP contribution in [0.2, 0.25) is 0 Å². The fraction of sp³-hybridized carbons (Fsp3) is 0.273. The van der Waals surface area contributed by atoms with Gasteiger partial charge in [0.25, 0.3) is 0 Å². The highest BCUT2D eigenvalue weighted by Gasteiger charge is 2.19. The number of amidine groups is 1. The molecule has 0 atom stereocenters. The number of nitrogens with one attached hydrogen (secondary N) is 1. The molecule has 0 spiro atoms. The predicted octanol–water partition coefficient (Wildman–Crippen LogP) is 2.75. The van der Waals surface area contributed by atoms with E-state index in [-0.39, 0.29) is 11.7 Å². The van der Waals surface area contributed by atoms with E-state index in [0.717, 1.165) is 48.1 Å². The molecule has 7 N–H and O–H groups in total.